The molecule has 6 atom stereocenters. The van der Waals surface area contributed by atoms with Crippen molar-refractivity contribution in [2.45, 2.75) is 57.3 Å². The molecule has 28 heavy (non-hydrogen) atoms. The first-order valence-corrected chi connectivity index (χ1v) is 10.7. The number of rotatable bonds is 5. The maximum Gasteiger partial charge on any atom is 0.310 e. The highest BCUT2D eigenvalue weighted by Gasteiger charge is 2.64. The van der Waals surface area contributed by atoms with Crippen molar-refractivity contribution in [2.75, 3.05) is 20.3 Å². The average molecular weight is 386 g/mol. The van der Waals surface area contributed by atoms with Gasteiger partial charge in [0.25, 0.3) is 0 Å². The number of fused-ring (bicyclic) bond motifs is 3. The van der Waals surface area contributed by atoms with Gasteiger partial charge in [-0.1, -0.05) is 25.1 Å². The number of carbonyl (C=O) groups is 1. The zero-order valence-corrected chi connectivity index (χ0v) is 16.9. The van der Waals surface area contributed by atoms with Gasteiger partial charge in [-0.3, -0.25) is 4.79 Å². The molecule has 0 aromatic heterocycles. The van der Waals surface area contributed by atoms with Gasteiger partial charge in [-0.25, -0.2) is 0 Å². The summed E-state index contributed by atoms with van der Waals surface area (Å²) in [6.45, 7) is 4.67. The van der Waals surface area contributed by atoms with E-state index in [9.17, 15) is 4.79 Å². The Hall–Kier alpha value is -1.59. The number of benzene rings is 1. The lowest BCUT2D eigenvalue weighted by Crippen LogP contribution is -2.51. The van der Waals surface area contributed by atoms with Gasteiger partial charge in [-0.15, -0.1) is 0 Å². The molecule has 1 aromatic rings. The summed E-state index contributed by atoms with van der Waals surface area (Å²) in [6, 6.07) is 8.01. The minimum absolute atomic E-state index is 0.0180. The smallest absolute Gasteiger partial charge is 0.310 e. The van der Waals surface area contributed by atoms with Crippen LogP contribution < -0.4 is 10.1 Å². The molecular formula is C23H31NO4. The molecule has 0 radical (unpaired) electrons. The highest BCUT2D eigenvalue weighted by molar-refractivity contribution is 5.75. The fourth-order valence-electron chi connectivity index (χ4n) is 6.40. The van der Waals surface area contributed by atoms with Crippen LogP contribution in [-0.2, 0) is 20.8 Å². The van der Waals surface area contributed by atoms with E-state index >= 15 is 0 Å². The van der Waals surface area contributed by atoms with Crippen LogP contribution in [0.2, 0.25) is 0 Å². The molecule has 4 aliphatic rings. The number of epoxide rings is 1. The van der Waals surface area contributed by atoms with Crippen LogP contribution in [0.3, 0.4) is 0 Å². The molecule has 4 fully saturated rings. The Morgan fingerprint density at radius 1 is 1.29 bits per heavy atom. The van der Waals surface area contributed by atoms with Crippen molar-refractivity contribution in [3.8, 4) is 5.75 Å². The zero-order valence-electron chi connectivity index (χ0n) is 16.9. The summed E-state index contributed by atoms with van der Waals surface area (Å²) in [6.07, 6.45) is 5.81. The lowest BCUT2D eigenvalue weighted by Gasteiger charge is -2.51. The SMILES string of the molecule is COc1ccccc1CNCC1C(=O)OC2CC3(C)CCCC4(CO4)C3CC21. The predicted molar refractivity (Wildman–Crippen MR) is 105 cm³/mol. The summed E-state index contributed by atoms with van der Waals surface area (Å²) < 4.78 is 17.3. The summed E-state index contributed by atoms with van der Waals surface area (Å²) in [4.78, 5) is 12.7. The van der Waals surface area contributed by atoms with E-state index in [1.54, 1.807) is 7.11 Å². The fourth-order valence-corrected chi connectivity index (χ4v) is 6.40. The first-order valence-electron chi connectivity index (χ1n) is 10.7. The van der Waals surface area contributed by atoms with E-state index in [0.717, 1.165) is 30.8 Å². The van der Waals surface area contributed by atoms with Crippen molar-refractivity contribution in [1.29, 1.82) is 0 Å². The molecule has 6 unspecified atom stereocenters. The van der Waals surface area contributed by atoms with Crippen molar-refractivity contribution >= 4 is 5.97 Å². The number of methoxy groups -OCH3 is 1. The molecule has 1 spiro atoms. The van der Waals surface area contributed by atoms with Crippen LogP contribution in [0.25, 0.3) is 0 Å². The summed E-state index contributed by atoms with van der Waals surface area (Å²) in [5.74, 6) is 1.69. The molecule has 5 nitrogen and oxygen atoms in total. The lowest BCUT2D eigenvalue weighted by atomic mass is 9.53. The number of esters is 1. The van der Waals surface area contributed by atoms with E-state index in [1.165, 1.54) is 19.3 Å². The number of hydrogen-bond donors (Lipinski definition) is 1. The largest absolute Gasteiger partial charge is 0.496 e. The summed E-state index contributed by atoms with van der Waals surface area (Å²) >= 11 is 0. The minimum Gasteiger partial charge on any atom is -0.496 e. The normalized spacial score (nSPS) is 41.3. The van der Waals surface area contributed by atoms with Crippen LogP contribution in [0, 0.1) is 23.2 Å². The molecule has 2 aliphatic carbocycles. The minimum atomic E-state index is -0.0537. The molecule has 1 N–H and O–H groups in total. The Morgan fingerprint density at radius 3 is 2.89 bits per heavy atom. The second-order valence-corrected chi connectivity index (χ2v) is 9.54. The Bertz CT molecular complexity index is 761. The van der Waals surface area contributed by atoms with Crippen LogP contribution in [0.5, 0.6) is 5.75 Å². The molecule has 1 aromatic carbocycles. The van der Waals surface area contributed by atoms with E-state index in [2.05, 4.69) is 18.3 Å². The van der Waals surface area contributed by atoms with Crippen LogP contribution in [0.1, 0.15) is 44.6 Å². The standard InChI is InChI=1S/C23H31NO4/c1-22-8-5-9-23(14-27-23)20(22)10-16-17(21(25)28-19(16)11-22)13-24-12-15-6-3-4-7-18(15)26-2/h3-4,6-7,16-17,19-20,24H,5,8-14H2,1-2H3. The van der Waals surface area contributed by atoms with Gasteiger partial charge < -0.3 is 19.5 Å². The second-order valence-electron chi connectivity index (χ2n) is 9.54. The van der Waals surface area contributed by atoms with Gasteiger partial charge in [0, 0.05) is 24.6 Å². The molecule has 152 valence electrons. The molecule has 0 amide bonds. The summed E-state index contributed by atoms with van der Waals surface area (Å²) in [7, 11) is 1.69. The number of para-hydroxylation sites is 1. The molecule has 2 saturated carbocycles. The predicted octanol–water partition coefficient (Wildman–Crippen LogP) is 3.31. The molecule has 2 saturated heterocycles. The highest BCUT2D eigenvalue weighted by atomic mass is 16.6. The first kappa shape index (κ1) is 18.4. The quantitative estimate of drug-likeness (QED) is 0.622. The molecule has 0 bridgehead atoms. The molecule has 5 heteroatoms. The van der Waals surface area contributed by atoms with Crippen molar-refractivity contribution in [3.63, 3.8) is 0 Å². The second kappa shape index (κ2) is 6.74. The third-order valence-corrected chi connectivity index (χ3v) is 7.95. The first-order chi connectivity index (χ1) is 13.5. The number of ether oxygens (including phenoxy) is 3. The van der Waals surface area contributed by atoms with Crippen LogP contribution in [0.4, 0.5) is 0 Å². The third-order valence-electron chi connectivity index (χ3n) is 7.95. The van der Waals surface area contributed by atoms with E-state index in [4.69, 9.17) is 14.2 Å². The average Bonchev–Trinajstić information content (AvgIpc) is 3.38. The van der Waals surface area contributed by atoms with Gasteiger partial charge >= 0.3 is 5.97 Å². The third kappa shape index (κ3) is 2.94. The molecular weight excluding hydrogens is 354 g/mol. The number of hydrogen-bond acceptors (Lipinski definition) is 5. The van der Waals surface area contributed by atoms with Crippen molar-refractivity contribution in [2.24, 2.45) is 23.2 Å². The van der Waals surface area contributed by atoms with Gasteiger partial charge in [0.1, 0.15) is 11.9 Å². The van der Waals surface area contributed by atoms with Gasteiger partial charge in [-0.2, -0.15) is 0 Å². The maximum absolute atomic E-state index is 12.7. The van der Waals surface area contributed by atoms with Crippen molar-refractivity contribution < 1.29 is 19.0 Å². The zero-order chi connectivity index (χ0) is 19.4. The number of nitrogens with one attached hydrogen (secondary N) is 1. The highest BCUT2D eigenvalue weighted by Crippen LogP contribution is 2.62. The van der Waals surface area contributed by atoms with Gasteiger partial charge in [0.05, 0.1) is 25.2 Å². The Balaban J connectivity index is 1.27. The van der Waals surface area contributed by atoms with Crippen LogP contribution in [0.15, 0.2) is 24.3 Å². The van der Waals surface area contributed by atoms with Crippen molar-refractivity contribution in [3.05, 3.63) is 29.8 Å². The molecule has 2 heterocycles. The molecule has 2 aliphatic heterocycles. The molecule has 5 rings (SSSR count). The van der Waals surface area contributed by atoms with E-state index < -0.39 is 0 Å². The topological polar surface area (TPSA) is 60.1 Å². The Kier molecular flexibility index (Phi) is 4.44. The monoisotopic (exact) mass is 385 g/mol. The van der Waals surface area contributed by atoms with Crippen LogP contribution >= 0.6 is 0 Å². The van der Waals surface area contributed by atoms with E-state index in [1.807, 2.05) is 18.2 Å². The Morgan fingerprint density at radius 2 is 2.11 bits per heavy atom. The van der Waals surface area contributed by atoms with Crippen LogP contribution in [-0.4, -0.2) is 37.9 Å². The van der Waals surface area contributed by atoms with E-state index in [-0.39, 0.29) is 29.0 Å². The maximum atomic E-state index is 12.7. The Labute approximate surface area is 167 Å². The van der Waals surface area contributed by atoms with Crippen molar-refractivity contribution in [1.82, 2.24) is 5.32 Å². The fraction of sp³-hybridized carbons (Fsp3) is 0.696. The van der Waals surface area contributed by atoms with Gasteiger partial charge in [0.15, 0.2) is 0 Å². The lowest BCUT2D eigenvalue weighted by molar-refractivity contribution is -0.147. The van der Waals surface area contributed by atoms with Gasteiger partial charge in [0.2, 0.25) is 0 Å². The van der Waals surface area contributed by atoms with Gasteiger partial charge in [-0.05, 0) is 49.5 Å². The summed E-state index contributed by atoms with van der Waals surface area (Å²) in [5.41, 5.74) is 1.48. The van der Waals surface area contributed by atoms with E-state index in [0.29, 0.717) is 24.9 Å². The summed E-state index contributed by atoms with van der Waals surface area (Å²) in [5, 5.41) is 3.49. The number of carbonyl (C=O) groups excluding carboxylic acids is 1.